The lowest BCUT2D eigenvalue weighted by Gasteiger charge is -2.34. The predicted octanol–water partition coefficient (Wildman–Crippen LogP) is 1.31. The molecule has 2 aromatic carbocycles. The van der Waals surface area contributed by atoms with Crippen LogP contribution in [0.3, 0.4) is 0 Å². The van der Waals surface area contributed by atoms with Gasteiger partial charge in [0.15, 0.2) is 23.1 Å². The highest BCUT2D eigenvalue weighted by Crippen LogP contribution is 2.41. The molecule has 1 atom stereocenters. The Morgan fingerprint density at radius 1 is 1.07 bits per heavy atom. The summed E-state index contributed by atoms with van der Waals surface area (Å²) in [5, 5.41) is 24.0. The number of fused-ring (bicyclic) bond motifs is 2. The Balaban J connectivity index is 1.86. The lowest BCUT2D eigenvalue weighted by Crippen LogP contribution is -2.52. The zero-order chi connectivity index (χ0) is 19.3. The number of ketones is 2. The van der Waals surface area contributed by atoms with Crippen LogP contribution >= 0.6 is 0 Å². The molecule has 0 saturated carbocycles. The lowest BCUT2D eigenvalue weighted by molar-refractivity contribution is 0.0651. The quantitative estimate of drug-likeness (QED) is 0.561. The van der Waals surface area contributed by atoms with Gasteiger partial charge in [0.1, 0.15) is 0 Å². The van der Waals surface area contributed by atoms with Gasteiger partial charge in [-0.1, -0.05) is 24.3 Å². The van der Waals surface area contributed by atoms with Gasteiger partial charge >= 0.3 is 0 Å². The third kappa shape index (κ3) is 2.50. The van der Waals surface area contributed by atoms with Crippen molar-refractivity contribution in [2.24, 2.45) is 0 Å². The molecule has 0 aromatic heterocycles. The second-order valence-electron chi connectivity index (χ2n) is 6.80. The van der Waals surface area contributed by atoms with Crippen molar-refractivity contribution >= 4 is 17.5 Å². The number of phenolic OH excluding ortho intramolecular Hbond substituents is 2. The second-order valence-corrected chi connectivity index (χ2v) is 6.80. The van der Waals surface area contributed by atoms with Crippen LogP contribution in [0, 0.1) is 0 Å². The maximum absolute atomic E-state index is 12.9. The Labute approximate surface area is 155 Å². The summed E-state index contributed by atoms with van der Waals surface area (Å²) in [7, 11) is 0. The molecule has 0 radical (unpaired) electrons. The van der Waals surface area contributed by atoms with E-state index >= 15 is 0 Å². The summed E-state index contributed by atoms with van der Waals surface area (Å²) < 4.78 is 0. The van der Waals surface area contributed by atoms with Gasteiger partial charge in [0.2, 0.25) is 0 Å². The SMILES string of the molecule is CC1CNCCN1C(=O)c1cc2c(c(O)c1O)C(=O)c1ccccc1C2=O. The molecule has 0 bridgehead atoms. The first kappa shape index (κ1) is 17.2. The Hall–Kier alpha value is -3.19. The number of carbonyl (C=O) groups excluding carboxylic acids is 3. The summed E-state index contributed by atoms with van der Waals surface area (Å²) in [4.78, 5) is 40.1. The van der Waals surface area contributed by atoms with Crippen molar-refractivity contribution in [1.82, 2.24) is 10.2 Å². The van der Waals surface area contributed by atoms with Gasteiger partial charge < -0.3 is 20.4 Å². The van der Waals surface area contributed by atoms with Crippen LogP contribution in [0.5, 0.6) is 11.5 Å². The molecule has 0 spiro atoms. The van der Waals surface area contributed by atoms with Crippen molar-refractivity contribution < 1.29 is 24.6 Å². The molecule has 138 valence electrons. The first-order chi connectivity index (χ1) is 12.9. The van der Waals surface area contributed by atoms with Crippen LogP contribution in [-0.2, 0) is 0 Å². The van der Waals surface area contributed by atoms with E-state index in [1.807, 2.05) is 6.92 Å². The number of nitrogens with one attached hydrogen (secondary N) is 1. The molecule has 1 aliphatic carbocycles. The number of phenols is 2. The van der Waals surface area contributed by atoms with Crippen molar-refractivity contribution in [2.75, 3.05) is 19.6 Å². The summed E-state index contributed by atoms with van der Waals surface area (Å²) in [6.45, 7) is 3.52. The summed E-state index contributed by atoms with van der Waals surface area (Å²) in [6, 6.07) is 7.40. The smallest absolute Gasteiger partial charge is 0.258 e. The highest BCUT2D eigenvalue weighted by atomic mass is 16.3. The second kappa shape index (κ2) is 6.21. The zero-order valence-electron chi connectivity index (χ0n) is 14.7. The number of nitrogens with zero attached hydrogens (tertiary/aromatic N) is 1. The summed E-state index contributed by atoms with van der Waals surface area (Å²) in [5.41, 5.74) is -0.129. The van der Waals surface area contributed by atoms with E-state index < -0.39 is 29.0 Å². The Kier molecular flexibility index (Phi) is 3.96. The van der Waals surface area contributed by atoms with E-state index in [0.29, 0.717) is 19.6 Å². The molecular formula is C20H18N2O5. The van der Waals surface area contributed by atoms with E-state index in [9.17, 15) is 24.6 Å². The van der Waals surface area contributed by atoms with Crippen molar-refractivity contribution in [2.45, 2.75) is 13.0 Å². The standard InChI is InChI=1S/C20H18N2O5/c1-10-9-21-6-7-22(10)20(27)14-8-13-15(19(26)18(14)25)17(24)12-5-3-2-4-11(12)16(13)23/h2-5,8,10,21,25-26H,6-7,9H2,1H3. The number of rotatable bonds is 1. The maximum atomic E-state index is 12.9. The molecule has 27 heavy (non-hydrogen) atoms. The molecule has 1 saturated heterocycles. The molecule has 7 heteroatoms. The van der Waals surface area contributed by atoms with Gasteiger partial charge in [0, 0.05) is 42.4 Å². The van der Waals surface area contributed by atoms with E-state index in [2.05, 4.69) is 5.32 Å². The summed E-state index contributed by atoms with van der Waals surface area (Å²) in [5.74, 6) is -2.91. The van der Waals surface area contributed by atoms with Crippen LogP contribution in [0.4, 0.5) is 0 Å². The predicted molar refractivity (Wildman–Crippen MR) is 96.4 cm³/mol. The molecule has 4 rings (SSSR count). The number of aromatic hydroxyl groups is 2. The van der Waals surface area contributed by atoms with E-state index in [0.717, 1.165) is 0 Å². The van der Waals surface area contributed by atoms with Crippen LogP contribution in [0.1, 0.15) is 49.1 Å². The minimum atomic E-state index is -0.730. The van der Waals surface area contributed by atoms with Crippen molar-refractivity contribution in [3.8, 4) is 11.5 Å². The van der Waals surface area contributed by atoms with Crippen molar-refractivity contribution in [1.29, 1.82) is 0 Å². The van der Waals surface area contributed by atoms with Crippen LogP contribution < -0.4 is 5.32 Å². The molecule has 2 aromatic rings. The van der Waals surface area contributed by atoms with Gasteiger partial charge in [-0.05, 0) is 13.0 Å². The number of carbonyl (C=O) groups is 3. The Morgan fingerprint density at radius 3 is 2.41 bits per heavy atom. The molecule has 1 aliphatic heterocycles. The fourth-order valence-corrected chi connectivity index (χ4v) is 3.69. The van der Waals surface area contributed by atoms with E-state index in [-0.39, 0.29) is 33.9 Å². The number of amides is 1. The van der Waals surface area contributed by atoms with Gasteiger partial charge in [-0.3, -0.25) is 14.4 Å². The summed E-state index contributed by atoms with van der Waals surface area (Å²) >= 11 is 0. The summed E-state index contributed by atoms with van der Waals surface area (Å²) in [6.07, 6.45) is 0. The van der Waals surface area contributed by atoms with Crippen LogP contribution in [0.15, 0.2) is 30.3 Å². The Bertz CT molecular complexity index is 998. The van der Waals surface area contributed by atoms with E-state index in [1.165, 1.54) is 18.2 Å². The average Bonchev–Trinajstić information content (AvgIpc) is 2.68. The van der Waals surface area contributed by atoms with Crippen LogP contribution in [-0.4, -0.2) is 58.3 Å². The number of hydrogen-bond acceptors (Lipinski definition) is 6. The van der Waals surface area contributed by atoms with Crippen LogP contribution in [0.25, 0.3) is 0 Å². The van der Waals surface area contributed by atoms with Gasteiger partial charge in [0.25, 0.3) is 5.91 Å². The number of hydrogen-bond donors (Lipinski definition) is 3. The molecule has 2 aliphatic rings. The fraction of sp³-hybridized carbons (Fsp3) is 0.250. The minimum absolute atomic E-state index is 0.0693. The molecule has 1 unspecified atom stereocenters. The third-order valence-corrected chi connectivity index (χ3v) is 5.15. The lowest BCUT2D eigenvalue weighted by atomic mass is 9.82. The van der Waals surface area contributed by atoms with Crippen molar-refractivity contribution in [3.63, 3.8) is 0 Å². The average molecular weight is 366 g/mol. The Morgan fingerprint density at radius 2 is 1.74 bits per heavy atom. The zero-order valence-corrected chi connectivity index (χ0v) is 14.7. The molecule has 1 amide bonds. The first-order valence-corrected chi connectivity index (χ1v) is 8.71. The van der Waals surface area contributed by atoms with E-state index in [4.69, 9.17) is 0 Å². The van der Waals surface area contributed by atoms with Gasteiger partial charge in [-0.15, -0.1) is 0 Å². The van der Waals surface area contributed by atoms with Gasteiger partial charge in [0.05, 0.1) is 11.1 Å². The van der Waals surface area contributed by atoms with Crippen LogP contribution in [0.2, 0.25) is 0 Å². The number of piperazine rings is 1. The maximum Gasteiger partial charge on any atom is 0.258 e. The molecule has 1 fully saturated rings. The normalized spacial score (nSPS) is 18.9. The fourth-order valence-electron chi connectivity index (χ4n) is 3.69. The monoisotopic (exact) mass is 366 g/mol. The van der Waals surface area contributed by atoms with E-state index in [1.54, 1.807) is 17.0 Å². The third-order valence-electron chi connectivity index (χ3n) is 5.15. The molecule has 3 N–H and O–H groups in total. The highest BCUT2D eigenvalue weighted by molar-refractivity contribution is 6.30. The van der Waals surface area contributed by atoms with Gasteiger partial charge in [-0.25, -0.2) is 0 Å². The number of benzene rings is 2. The van der Waals surface area contributed by atoms with Gasteiger partial charge in [-0.2, -0.15) is 0 Å². The molecule has 1 heterocycles. The molecular weight excluding hydrogens is 348 g/mol. The highest BCUT2D eigenvalue weighted by Gasteiger charge is 2.36. The minimum Gasteiger partial charge on any atom is -0.504 e. The molecule has 7 nitrogen and oxygen atoms in total. The largest absolute Gasteiger partial charge is 0.504 e. The van der Waals surface area contributed by atoms with Crippen molar-refractivity contribution in [3.05, 3.63) is 58.1 Å². The first-order valence-electron chi connectivity index (χ1n) is 8.71. The topological polar surface area (TPSA) is 107 Å².